The molecule has 1 aliphatic rings. The summed E-state index contributed by atoms with van der Waals surface area (Å²) in [6.45, 7) is 2.35. The number of piperidine rings is 1. The van der Waals surface area contributed by atoms with Crippen LogP contribution in [0.5, 0.6) is 0 Å². The standard InChI is InChI=1S/C14H19N3O2.ClH/c1-10(18)16-11-5-4-6-12(9-11)17-14(19)13-7-2-3-8-15-13;/h4-6,9,13,15H,2-3,7-8H2,1H3,(H,16,18)(H,17,19);1H/t13-;/m0./s1. The van der Waals surface area contributed by atoms with Crippen LogP contribution in [-0.2, 0) is 9.59 Å². The number of amides is 2. The molecule has 110 valence electrons. The zero-order chi connectivity index (χ0) is 13.7. The summed E-state index contributed by atoms with van der Waals surface area (Å²) in [4.78, 5) is 23.0. The maximum Gasteiger partial charge on any atom is 0.241 e. The lowest BCUT2D eigenvalue weighted by molar-refractivity contribution is -0.118. The van der Waals surface area contributed by atoms with E-state index >= 15 is 0 Å². The van der Waals surface area contributed by atoms with E-state index in [1.54, 1.807) is 18.2 Å². The molecule has 1 saturated heterocycles. The van der Waals surface area contributed by atoms with E-state index in [9.17, 15) is 9.59 Å². The third-order valence-corrected chi connectivity index (χ3v) is 3.08. The SMILES string of the molecule is CC(=O)Nc1cccc(NC(=O)[C@@H]2CCCCN2)c1.Cl. The third kappa shape index (κ3) is 4.83. The fraction of sp³-hybridized carbons (Fsp3) is 0.429. The molecule has 1 aromatic carbocycles. The van der Waals surface area contributed by atoms with Crippen molar-refractivity contribution in [3.8, 4) is 0 Å². The van der Waals surface area contributed by atoms with Gasteiger partial charge in [-0.05, 0) is 37.6 Å². The molecule has 2 amide bonds. The first-order valence-electron chi connectivity index (χ1n) is 6.57. The molecule has 6 heteroatoms. The Morgan fingerprint density at radius 1 is 1.20 bits per heavy atom. The molecule has 1 heterocycles. The van der Waals surface area contributed by atoms with E-state index in [2.05, 4.69) is 16.0 Å². The predicted octanol–water partition coefficient (Wildman–Crippen LogP) is 2.15. The Balaban J connectivity index is 0.00000200. The number of nitrogens with one attached hydrogen (secondary N) is 3. The molecular weight excluding hydrogens is 278 g/mol. The lowest BCUT2D eigenvalue weighted by atomic mass is 10.0. The molecule has 1 fully saturated rings. The van der Waals surface area contributed by atoms with Gasteiger partial charge >= 0.3 is 0 Å². The lowest BCUT2D eigenvalue weighted by Gasteiger charge is -2.22. The molecule has 3 N–H and O–H groups in total. The van der Waals surface area contributed by atoms with E-state index < -0.39 is 0 Å². The second-order valence-corrected chi connectivity index (χ2v) is 4.75. The first kappa shape index (κ1) is 16.5. The van der Waals surface area contributed by atoms with Crippen molar-refractivity contribution in [2.75, 3.05) is 17.2 Å². The molecule has 20 heavy (non-hydrogen) atoms. The molecule has 2 rings (SSSR count). The highest BCUT2D eigenvalue weighted by atomic mass is 35.5. The van der Waals surface area contributed by atoms with Gasteiger partial charge in [-0.3, -0.25) is 9.59 Å². The third-order valence-electron chi connectivity index (χ3n) is 3.08. The summed E-state index contributed by atoms with van der Waals surface area (Å²) in [5.74, 6) is -0.142. The highest BCUT2D eigenvalue weighted by molar-refractivity contribution is 5.96. The van der Waals surface area contributed by atoms with Crippen LogP contribution in [0.25, 0.3) is 0 Å². The molecule has 0 aromatic heterocycles. The van der Waals surface area contributed by atoms with Gasteiger partial charge in [-0.25, -0.2) is 0 Å². The topological polar surface area (TPSA) is 70.2 Å². The number of benzene rings is 1. The molecule has 0 spiro atoms. The zero-order valence-corrected chi connectivity index (χ0v) is 12.3. The van der Waals surface area contributed by atoms with Crippen LogP contribution in [0.4, 0.5) is 11.4 Å². The summed E-state index contributed by atoms with van der Waals surface area (Å²) in [6.07, 6.45) is 3.08. The monoisotopic (exact) mass is 297 g/mol. The first-order valence-corrected chi connectivity index (χ1v) is 6.57. The van der Waals surface area contributed by atoms with Gasteiger partial charge in [0.05, 0.1) is 6.04 Å². The Morgan fingerprint density at radius 2 is 1.90 bits per heavy atom. The van der Waals surface area contributed by atoms with E-state index in [4.69, 9.17) is 0 Å². The number of carbonyl (C=O) groups excluding carboxylic acids is 2. The van der Waals surface area contributed by atoms with Gasteiger partial charge in [0.15, 0.2) is 0 Å². The van der Waals surface area contributed by atoms with Crippen LogP contribution in [0.1, 0.15) is 26.2 Å². The van der Waals surface area contributed by atoms with E-state index in [1.807, 2.05) is 6.07 Å². The molecule has 0 aliphatic carbocycles. The van der Waals surface area contributed by atoms with Gasteiger partial charge in [-0.2, -0.15) is 0 Å². The number of carbonyl (C=O) groups is 2. The van der Waals surface area contributed by atoms with E-state index in [-0.39, 0.29) is 30.3 Å². The summed E-state index contributed by atoms with van der Waals surface area (Å²) in [7, 11) is 0. The Kier molecular flexibility index (Phi) is 6.48. The van der Waals surface area contributed by atoms with Crippen molar-refractivity contribution < 1.29 is 9.59 Å². The van der Waals surface area contributed by atoms with Crippen LogP contribution in [0.15, 0.2) is 24.3 Å². The van der Waals surface area contributed by atoms with Crippen molar-refractivity contribution in [1.82, 2.24) is 5.32 Å². The highest BCUT2D eigenvalue weighted by Gasteiger charge is 2.20. The Labute approximate surface area is 124 Å². The maximum absolute atomic E-state index is 12.0. The van der Waals surface area contributed by atoms with Gasteiger partial charge in [0.25, 0.3) is 0 Å². The number of hydrogen-bond donors (Lipinski definition) is 3. The Bertz CT molecular complexity index is 473. The smallest absolute Gasteiger partial charge is 0.241 e. The Morgan fingerprint density at radius 3 is 2.50 bits per heavy atom. The number of anilines is 2. The van der Waals surface area contributed by atoms with Crippen molar-refractivity contribution in [2.45, 2.75) is 32.2 Å². The minimum atomic E-state index is -0.127. The van der Waals surface area contributed by atoms with Crippen LogP contribution in [0, 0.1) is 0 Å². The van der Waals surface area contributed by atoms with Gasteiger partial charge in [-0.15, -0.1) is 12.4 Å². The normalized spacial score (nSPS) is 17.8. The van der Waals surface area contributed by atoms with Crippen molar-refractivity contribution in [3.63, 3.8) is 0 Å². The van der Waals surface area contributed by atoms with Gasteiger partial charge < -0.3 is 16.0 Å². The van der Waals surface area contributed by atoms with E-state index in [1.165, 1.54) is 6.92 Å². The zero-order valence-electron chi connectivity index (χ0n) is 11.4. The summed E-state index contributed by atoms with van der Waals surface area (Å²) < 4.78 is 0. The van der Waals surface area contributed by atoms with E-state index in [0.29, 0.717) is 11.4 Å². The number of halogens is 1. The second kappa shape index (κ2) is 7.87. The van der Waals surface area contributed by atoms with Gasteiger partial charge in [0, 0.05) is 18.3 Å². The average Bonchev–Trinajstić information content (AvgIpc) is 2.39. The fourth-order valence-electron chi connectivity index (χ4n) is 2.18. The van der Waals surface area contributed by atoms with Crippen LogP contribution >= 0.6 is 12.4 Å². The molecule has 0 bridgehead atoms. The van der Waals surface area contributed by atoms with Crippen LogP contribution in [0.2, 0.25) is 0 Å². The molecule has 0 saturated carbocycles. The molecular formula is C14H20ClN3O2. The van der Waals surface area contributed by atoms with Crippen molar-refractivity contribution in [2.24, 2.45) is 0 Å². The molecule has 1 atom stereocenters. The Hall–Kier alpha value is -1.59. The van der Waals surface area contributed by atoms with Crippen molar-refractivity contribution in [1.29, 1.82) is 0 Å². The van der Waals surface area contributed by atoms with Gasteiger partial charge in [0.1, 0.15) is 0 Å². The predicted molar refractivity (Wildman–Crippen MR) is 82.3 cm³/mol. The van der Waals surface area contributed by atoms with Crippen molar-refractivity contribution >= 4 is 35.6 Å². The quantitative estimate of drug-likeness (QED) is 0.800. The molecule has 1 aliphatic heterocycles. The number of rotatable bonds is 3. The summed E-state index contributed by atoms with van der Waals surface area (Å²) >= 11 is 0. The fourth-order valence-corrected chi connectivity index (χ4v) is 2.18. The maximum atomic E-state index is 12.0. The minimum absolute atomic E-state index is 0. The molecule has 0 radical (unpaired) electrons. The summed E-state index contributed by atoms with van der Waals surface area (Å²) in [5, 5.41) is 8.77. The summed E-state index contributed by atoms with van der Waals surface area (Å²) in [5.41, 5.74) is 1.38. The second-order valence-electron chi connectivity index (χ2n) is 4.75. The van der Waals surface area contributed by atoms with E-state index in [0.717, 1.165) is 25.8 Å². The first-order chi connectivity index (χ1) is 9.15. The minimum Gasteiger partial charge on any atom is -0.326 e. The largest absolute Gasteiger partial charge is 0.326 e. The van der Waals surface area contributed by atoms with Crippen molar-refractivity contribution in [3.05, 3.63) is 24.3 Å². The number of hydrogen-bond acceptors (Lipinski definition) is 3. The molecule has 0 unspecified atom stereocenters. The van der Waals surface area contributed by atoms with Gasteiger partial charge in [-0.1, -0.05) is 12.5 Å². The average molecular weight is 298 g/mol. The van der Waals surface area contributed by atoms with Crippen LogP contribution in [-0.4, -0.2) is 24.4 Å². The lowest BCUT2D eigenvalue weighted by Crippen LogP contribution is -2.43. The van der Waals surface area contributed by atoms with Crippen LogP contribution in [0.3, 0.4) is 0 Å². The highest BCUT2D eigenvalue weighted by Crippen LogP contribution is 2.16. The van der Waals surface area contributed by atoms with Gasteiger partial charge in [0.2, 0.25) is 11.8 Å². The summed E-state index contributed by atoms with van der Waals surface area (Å²) in [6, 6.07) is 7.04. The van der Waals surface area contributed by atoms with Crippen LogP contribution < -0.4 is 16.0 Å². The molecule has 1 aromatic rings. The molecule has 5 nitrogen and oxygen atoms in total.